The molecule has 3 aromatic rings. The second-order valence-corrected chi connectivity index (χ2v) is 11.4. The summed E-state index contributed by atoms with van der Waals surface area (Å²) in [7, 11) is -1.94. The van der Waals surface area contributed by atoms with Crippen molar-refractivity contribution in [1.82, 2.24) is 19.9 Å². The molecule has 1 aromatic heterocycles. The van der Waals surface area contributed by atoms with E-state index >= 15 is 0 Å². The fourth-order valence-electron chi connectivity index (χ4n) is 4.07. The largest absolute Gasteiger partial charge is 0.497 e. The van der Waals surface area contributed by atoms with Crippen LogP contribution in [0.3, 0.4) is 0 Å². The zero-order chi connectivity index (χ0) is 27.8. The number of aryl methyl sites for hydroxylation is 1. The number of benzene rings is 2. The highest BCUT2D eigenvalue weighted by atomic mass is 32.2. The van der Waals surface area contributed by atoms with Crippen LogP contribution in [0.25, 0.3) is 0 Å². The summed E-state index contributed by atoms with van der Waals surface area (Å²) in [6, 6.07) is 17.0. The summed E-state index contributed by atoms with van der Waals surface area (Å²) in [5.74, 6) is 0.261. The van der Waals surface area contributed by atoms with Crippen molar-refractivity contribution < 1.29 is 22.7 Å². The number of carbonyl (C=O) groups excluding carboxylic acids is 2. The predicted octanol–water partition coefficient (Wildman–Crippen LogP) is 3.20. The van der Waals surface area contributed by atoms with Crippen LogP contribution >= 0.6 is 0 Å². The molecule has 0 unspecified atom stereocenters. The molecule has 0 aliphatic heterocycles. The molecule has 0 spiro atoms. The summed E-state index contributed by atoms with van der Waals surface area (Å²) in [6.07, 6.45) is 5.67. The van der Waals surface area contributed by atoms with Gasteiger partial charge in [0.05, 0.1) is 12.0 Å². The Morgan fingerprint density at radius 2 is 1.72 bits per heavy atom. The lowest BCUT2D eigenvalue weighted by atomic mass is 10.1. The number of nitrogens with zero attached hydrogens (tertiary/aromatic N) is 2. The van der Waals surface area contributed by atoms with E-state index in [4.69, 9.17) is 4.74 Å². The van der Waals surface area contributed by atoms with Crippen molar-refractivity contribution in [3.05, 3.63) is 89.7 Å². The first-order valence-electron chi connectivity index (χ1n) is 13.0. The summed E-state index contributed by atoms with van der Waals surface area (Å²) in [5, 5.41) is 2.89. The van der Waals surface area contributed by atoms with Crippen LogP contribution in [0.5, 0.6) is 5.75 Å². The number of hydrogen-bond donors (Lipinski definition) is 2. The third-order valence-electron chi connectivity index (χ3n) is 6.63. The highest BCUT2D eigenvalue weighted by molar-refractivity contribution is 7.89. The number of carbonyl (C=O) groups is 2. The molecule has 0 saturated heterocycles. The highest BCUT2D eigenvalue weighted by Gasteiger charge is 2.28. The monoisotopic (exact) mass is 550 g/mol. The molecule has 1 fully saturated rings. The Kier molecular flexibility index (Phi) is 9.32. The maximum Gasteiger partial charge on any atom is 0.242 e. The molecule has 206 valence electrons. The van der Waals surface area contributed by atoms with Crippen molar-refractivity contribution in [2.24, 2.45) is 0 Å². The van der Waals surface area contributed by atoms with Gasteiger partial charge in [0.25, 0.3) is 0 Å². The summed E-state index contributed by atoms with van der Waals surface area (Å²) in [5.41, 5.74) is 2.57. The van der Waals surface area contributed by atoms with Crippen molar-refractivity contribution in [3.63, 3.8) is 0 Å². The molecule has 0 bridgehead atoms. The summed E-state index contributed by atoms with van der Waals surface area (Å²) in [4.78, 5) is 32.3. The molecule has 1 heterocycles. The van der Waals surface area contributed by atoms with Crippen LogP contribution in [0.15, 0.2) is 78.0 Å². The number of methoxy groups -OCH3 is 1. The second-order valence-electron chi connectivity index (χ2n) is 9.66. The zero-order valence-electron chi connectivity index (χ0n) is 22.2. The average Bonchev–Trinajstić information content (AvgIpc) is 3.77. The molecule has 0 radical (unpaired) electrons. The minimum Gasteiger partial charge on any atom is -0.497 e. The summed E-state index contributed by atoms with van der Waals surface area (Å²) < 4.78 is 32.7. The van der Waals surface area contributed by atoms with Gasteiger partial charge in [-0.3, -0.25) is 14.6 Å². The first kappa shape index (κ1) is 28.3. The number of sulfonamides is 1. The van der Waals surface area contributed by atoms with Gasteiger partial charge in [0.15, 0.2) is 0 Å². The Hall–Kier alpha value is -3.76. The molecule has 4 rings (SSSR count). The van der Waals surface area contributed by atoms with Crippen LogP contribution in [0.1, 0.15) is 42.9 Å². The molecule has 39 heavy (non-hydrogen) atoms. The molecule has 9 nitrogen and oxygen atoms in total. The van der Waals surface area contributed by atoms with E-state index in [2.05, 4.69) is 15.0 Å². The van der Waals surface area contributed by atoms with E-state index in [1.807, 2.05) is 30.3 Å². The lowest BCUT2D eigenvalue weighted by Crippen LogP contribution is -2.47. The molecule has 10 heteroatoms. The topological polar surface area (TPSA) is 118 Å². The van der Waals surface area contributed by atoms with Gasteiger partial charge in [-0.1, -0.05) is 30.3 Å². The Morgan fingerprint density at radius 1 is 1.03 bits per heavy atom. The lowest BCUT2D eigenvalue weighted by molar-refractivity contribution is -0.140. The number of pyridine rings is 1. The van der Waals surface area contributed by atoms with Crippen molar-refractivity contribution in [1.29, 1.82) is 0 Å². The predicted molar refractivity (Wildman–Crippen MR) is 147 cm³/mol. The number of ether oxygens (including phenoxy) is 1. The first-order valence-corrected chi connectivity index (χ1v) is 14.4. The fourth-order valence-corrected chi connectivity index (χ4v) is 5.37. The molecular formula is C29H34N4O5S. The smallest absolute Gasteiger partial charge is 0.242 e. The molecule has 1 saturated carbocycles. The van der Waals surface area contributed by atoms with E-state index in [0.717, 1.165) is 29.5 Å². The van der Waals surface area contributed by atoms with E-state index in [1.54, 1.807) is 61.7 Å². The maximum atomic E-state index is 13.4. The van der Waals surface area contributed by atoms with Crippen molar-refractivity contribution in [2.75, 3.05) is 7.11 Å². The van der Waals surface area contributed by atoms with E-state index in [0.29, 0.717) is 18.7 Å². The van der Waals surface area contributed by atoms with Gasteiger partial charge < -0.3 is 15.0 Å². The fraction of sp³-hybridized carbons (Fsp3) is 0.345. The van der Waals surface area contributed by atoms with E-state index in [1.165, 1.54) is 0 Å². The van der Waals surface area contributed by atoms with Crippen LogP contribution in [-0.2, 0) is 39.1 Å². The average molecular weight is 551 g/mol. The molecular weight excluding hydrogens is 516 g/mol. The Bertz CT molecular complexity index is 1360. The lowest BCUT2D eigenvalue weighted by Gasteiger charge is -2.29. The Labute approximate surface area is 229 Å². The molecule has 2 aromatic carbocycles. The van der Waals surface area contributed by atoms with Crippen molar-refractivity contribution >= 4 is 21.8 Å². The number of hydrogen-bond acceptors (Lipinski definition) is 6. The third kappa shape index (κ3) is 8.11. The van der Waals surface area contributed by atoms with Gasteiger partial charge in [-0.05, 0) is 73.2 Å². The third-order valence-corrected chi connectivity index (χ3v) is 8.17. The van der Waals surface area contributed by atoms with E-state index in [-0.39, 0.29) is 35.7 Å². The SMILES string of the molecule is COc1ccc(CN(C(=O)CCc2ccc(S(=O)(=O)NC3CC3)cc2)[C@H](C)C(=O)NCc2cccnc2)cc1. The Morgan fingerprint density at radius 3 is 2.33 bits per heavy atom. The van der Waals surface area contributed by atoms with Crippen molar-refractivity contribution in [2.45, 2.75) is 62.7 Å². The van der Waals surface area contributed by atoms with Crippen LogP contribution < -0.4 is 14.8 Å². The first-order chi connectivity index (χ1) is 18.7. The molecule has 2 amide bonds. The van der Waals surface area contributed by atoms with Crippen molar-refractivity contribution in [3.8, 4) is 5.75 Å². The van der Waals surface area contributed by atoms with Crippen LogP contribution in [0.2, 0.25) is 0 Å². The number of nitrogens with one attached hydrogen (secondary N) is 2. The van der Waals surface area contributed by atoms with E-state index < -0.39 is 16.1 Å². The van der Waals surface area contributed by atoms with Crippen LogP contribution in [0, 0.1) is 0 Å². The van der Waals surface area contributed by atoms with Crippen LogP contribution in [0.4, 0.5) is 0 Å². The molecule has 2 N–H and O–H groups in total. The molecule has 1 atom stereocenters. The van der Waals surface area contributed by atoms with Gasteiger partial charge in [0.2, 0.25) is 21.8 Å². The number of amides is 2. The normalized spacial score (nSPS) is 13.9. The van der Waals surface area contributed by atoms with Gasteiger partial charge in [-0.15, -0.1) is 0 Å². The maximum absolute atomic E-state index is 13.4. The molecule has 1 aliphatic rings. The Balaban J connectivity index is 1.42. The number of rotatable bonds is 13. The zero-order valence-corrected chi connectivity index (χ0v) is 23.0. The highest BCUT2D eigenvalue weighted by Crippen LogP contribution is 2.23. The van der Waals surface area contributed by atoms with Gasteiger partial charge in [0, 0.05) is 37.9 Å². The minimum absolute atomic E-state index is 0.0348. The second kappa shape index (κ2) is 12.9. The van der Waals surface area contributed by atoms with Gasteiger partial charge in [-0.25, -0.2) is 13.1 Å². The van der Waals surface area contributed by atoms with Crippen LogP contribution in [-0.4, -0.2) is 49.3 Å². The summed E-state index contributed by atoms with van der Waals surface area (Å²) >= 11 is 0. The molecule has 1 aliphatic carbocycles. The standard InChI is InChI=1S/C29H34N4O5S/c1-21(29(35)31-19-24-4-3-17-30-18-24)33(20-23-5-12-26(38-2)13-6-23)28(34)16-9-22-7-14-27(15-8-22)39(36,37)32-25-10-11-25/h3-8,12-15,17-18,21,25,32H,9-11,16,19-20H2,1-2H3,(H,31,35)/t21-/m1/s1. The minimum atomic E-state index is -3.53. The van der Waals surface area contributed by atoms with Gasteiger partial charge >= 0.3 is 0 Å². The van der Waals surface area contributed by atoms with Gasteiger partial charge in [0.1, 0.15) is 11.8 Å². The quantitative estimate of drug-likeness (QED) is 0.338. The summed E-state index contributed by atoms with van der Waals surface area (Å²) in [6.45, 7) is 2.29. The van der Waals surface area contributed by atoms with Gasteiger partial charge in [-0.2, -0.15) is 0 Å². The van der Waals surface area contributed by atoms with E-state index in [9.17, 15) is 18.0 Å². The number of aromatic nitrogens is 1.